The molecule has 0 spiro atoms. The van der Waals surface area contributed by atoms with Gasteiger partial charge in [-0.05, 0) is 68.0 Å². The number of nitrogens with zero attached hydrogens (tertiary/aromatic N) is 1. The molecule has 2 fully saturated rings. The standard InChI is InChI=1S/C27H28N2O3/c30-26(20-9-2-1-3-10-20)28-22-13-6-11-21(18-22)24-15-16-25(32-24)27(31)29-17-7-12-19-8-4-5-14-23(19)29/h1-3,6,9-11,13,15-16,18-19,23H,4-5,7-8,12,14,17H2,(H,28,30). The van der Waals surface area contributed by atoms with E-state index in [4.69, 9.17) is 4.42 Å². The zero-order valence-corrected chi connectivity index (χ0v) is 18.1. The first-order valence-corrected chi connectivity index (χ1v) is 11.6. The fourth-order valence-corrected chi connectivity index (χ4v) is 5.17. The maximum absolute atomic E-state index is 13.2. The number of anilines is 1. The van der Waals surface area contributed by atoms with Crippen LogP contribution in [0.1, 0.15) is 59.4 Å². The minimum absolute atomic E-state index is 0.00128. The van der Waals surface area contributed by atoms with Crippen molar-refractivity contribution in [3.05, 3.63) is 78.1 Å². The summed E-state index contributed by atoms with van der Waals surface area (Å²) >= 11 is 0. The number of fused-ring (bicyclic) bond motifs is 1. The van der Waals surface area contributed by atoms with Crippen molar-refractivity contribution in [1.82, 2.24) is 4.90 Å². The summed E-state index contributed by atoms with van der Waals surface area (Å²) in [7, 11) is 0. The Morgan fingerprint density at radius 3 is 2.56 bits per heavy atom. The van der Waals surface area contributed by atoms with Gasteiger partial charge in [0.25, 0.3) is 11.8 Å². The van der Waals surface area contributed by atoms with Gasteiger partial charge in [0.15, 0.2) is 5.76 Å². The van der Waals surface area contributed by atoms with Crippen molar-refractivity contribution in [2.75, 3.05) is 11.9 Å². The minimum Gasteiger partial charge on any atom is -0.451 e. The van der Waals surface area contributed by atoms with E-state index in [0.717, 1.165) is 24.9 Å². The summed E-state index contributed by atoms with van der Waals surface area (Å²) in [4.78, 5) is 27.8. The smallest absolute Gasteiger partial charge is 0.289 e. The number of benzene rings is 2. The zero-order chi connectivity index (χ0) is 21.9. The molecule has 1 aromatic heterocycles. The van der Waals surface area contributed by atoms with E-state index >= 15 is 0 Å². The Labute approximate surface area is 188 Å². The van der Waals surface area contributed by atoms with E-state index in [0.29, 0.717) is 34.7 Å². The van der Waals surface area contributed by atoms with Crippen molar-refractivity contribution in [2.24, 2.45) is 5.92 Å². The Morgan fingerprint density at radius 2 is 1.69 bits per heavy atom. The fraction of sp³-hybridized carbons (Fsp3) is 0.333. The summed E-state index contributed by atoms with van der Waals surface area (Å²) in [6.45, 7) is 0.817. The summed E-state index contributed by atoms with van der Waals surface area (Å²) in [5, 5.41) is 2.92. The molecule has 1 aliphatic carbocycles. The van der Waals surface area contributed by atoms with E-state index in [-0.39, 0.29) is 11.8 Å². The van der Waals surface area contributed by atoms with E-state index in [1.165, 1.54) is 25.7 Å². The average Bonchev–Trinajstić information content (AvgIpc) is 3.34. The lowest BCUT2D eigenvalue weighted by atomic mass is 9.78. The number of likely N-dealkylation sites (tertiary alicyclic amines) is 1. The summed E-state index contributed by atoms with van der Waals surface area (Å²) in [5.74, 6) is 1.50. The van der Waals surface area contributed by atoms with Crippen molar-refractivity contribution < 1.29 is 14.0 Å². The van der Waals surface area contributed by atoms with Gasteiger partial charge in [-0.15, -0.1) is 0 Å². The van der Waals surface area contributed by atoms with E-state index in [2.05, 4.69) is 5.32 Å². The average molecular weight is 429 g/mol. The monoisotopic (exact) mass is 428 g/mol. The van der Waals surface area contributed by atoms with Gasteiger partial charge >= 0.3 is 0 Å². The molecule has 3 aromatic rings. The summed E-state index contributed by atoms with van der Waals surface area (Å²) < 4.78 is 6.01. The molecule has 0 radical (unpaired) electrons. The van der Waals surface area contributed by atoms with Crippen LogP contribution in [0.5, 0.6) is 0 Å². The highest BCUT2D eigenvalue weighted by Gasteiger charge is 2.36. The first-order chi connectivity index (χ1) is 15.7. The van der Waals surface area contributed by atoms with Crippen LogP contribution in [-0.4, -0.2) is 29.3 Å². The molecule has 1 N–H and O–H groups in total. The normalized spacial score (nSPS) is 20.4. The molecule has 5 nitrogen and oxygen atoms in total. The SMILES string of the molecule is O=C(Nc1cccc(-c2ccc(C(=O)N3CCCC4CCCCC43)o2)c1)c1ccccc1. The van der Waals surface area contributed by atoms with Crippen LogP contribution in [0.25, 0.3) is 11.3 Å². The van der Waals surface area contributed by atoms with Gasteiger partial charge in [-0.2, -0.15) is 0 Å². The van der Waals surface area contributed by atoms with Crippen LogP contribution in [0.4, 0.5) is 5.69 Å². The summed E-state index contributed by atoms with van der Waals surface area (Å²) in [6, 6.07) is 20.6. The molecule has 2 aromatic carbocycles. The Morgan fingerprint density at radius 1 is 0.875 bits per heavy atom. The first kappa shape index (κ1) is 20.6. The third kappa shape index (κ3) is 4.20. The second-order valence-electron chi connectivity index (χ2n) is 8.82. The maximum Gasteiger partial charge on any atom is 0.289 e. The topological polar surface area (TPSA) is 62.6 Å². The van der Waals surface area contributed by atoms with Crippen LogP contribution in [0, 0.1) is 5.92 Å². The number of piperidine rings is 1. The molecule has 1 saturated heterocycles. The molecule has 164 valence electrons. The molecular formula is C27H28N2O3. The summed E-state index contributed by atoms with van der Waals surface area (Å²) in [6.07, 6.45) is 7.14. The molecule has 2 unspecified atom stereocenters. The van der Waals surface area contributed by atoms with Gasteiger partial charge in [-0.3, -0.25) is 9.59 Å². The van der Waals surface area contributed by atoms with Crippen molar-refractivity contribution >= 4 is 17.5 Å². The lowest BCUT2D eigenvalue weighted by molar-refractivity contribution is 0.0363. The Kier molecular flexibility index (Phi) is 5.80. The van der Waals surface area contributed by atoms with Crippen LogP contribution in [0.2, 0.25) is 0 Å². The fourth-order valence-electron chi connectivity index (χ4n) is 5.17. The number of amides is 2. The number of hydrogen-bond acceptors (Lipinski definition) is 3. The van der Waals surface area contributed by atoms with Crippen LogP contribution >= 0.6 is 0 Å². The minimum atomic E-state index is -0.162. The van der Waals surface area contributed by atoms with E-state index < -0.39 is 0 Å². The number of hydrogen-bond donors (Lipinski definition) is 1. The van der Waals surface area contributed by atoms with Crippen LogP contribution < -0.4 is 5.32 Å². The second kappa shape index (κ2) is 9.03. The number of furan rings is 1. The number of carbonyl (C=O) groups is 2. The molecule has 2 atom stereocenters. The van der Waals surface area contributed by atoms with Crippen molar-refractivity contribution in [3.8, 4) is 11.3 Å². The van der Waals surface area contributed by atoms with Crippen molar-refractivity contribution in [1.29, 1.82) is 0 Å². The third-order valence-corrected chi connectivity index (χ3v) is 6.76. The lowest BCUT2D eigenvalue weighted by Crippen LogP contribution is -2.49. The predicted octanol–water partition coefficient (Wildman–Crippen LogP) is 5.99. The highest BCUT2D eigenvalue weighted by molar-refractivity contribution is 6.04. The Bertz CT molecular complexity index is 1100. The Hall–Kier alpha value is -3.34. The molecule has 1 saturated carbocycles. The van der Waals surface area contributed by atoms with Gasteiger partial charge in [-0.25, -0.2) is 0 Å². The van der Waals surface area contributed by atoms with Gasteiger partial charge < -0.3 is 14.6 Å². The summed E-state index contributed by atoms with van der Waals surface area (Å²) in [5.41, 5.74) is 2.11. The van der Waals surface area contributed by atoms with Crippen LogP contribution in [-0.2, 0) is 0 Å². The molecule has 2 aliphatic rings. The highest BCUT2D eigenvalue weighted by atomic mass is 16.4. The molecule has 5 heteroatoms. The molecule has 2 amide bonds. The largest absolute Gasteiger partial charge is 0.451 e. The molecule has 32 heavy (non-hydrogen) atoms. The van der Waals surface area contributed by atoms with Crippen molar-refractivity contribution in [2.45, 2.75) is 44.6 Å². The van der Waals surface area contributed by atoms with Gasteiger partial charge in [0.1, 0.15) is 5.76 Å². The van der Waals surface area contributed by atoms with Gasteiger partial charge in [0, 0.05) is 29.4 Å². The lowest BCUT2D eigenvalue weighted by Gasteiger charge is -2.43. The number of carbonyl (C=O) groups excluding carboxylic acids is 2. The van der Waals surface area contributed by atoms with Crippen molar-refractivity contribution in [3.63, 3.8) is 0 Å². The first-order valence-electron chi connectivity index (χ1n) is 11.6. The highest BCUT2D eigenvalue weighted by Crippen LogP contribution is 2.36. The van der Waals surface area contributed by atoms with Gasteiger partial charge in [-0.1, -0.05) is 43.2 Å². The van der Waals surface area contributed by atoms with Crippen LogP contribution in [0.15, 0.2) is 71.1 Å². The molecular weight excluding hydrogens is 400 g/mol. The Balaban J connectivity index is 1.32. The van der Waals surface area contributed by atoms with Gasteiger partial charge in [0.05, 0.1) is 0 Å². The third-order valence-electron chi connectivity index (χ3n) is 6.76. The molecule has 2 heterocycles. The number of nitrogens with one attached hydrogen (secondary N) is 1. The van der Waals surface area contributed by atoms with Crippen LogP contribution in [0.3, 0.4) is 0 Å². The van der Waals surface area contributed by atoms with E-state index in [1.54, 1.807) is 18.2 Å². The predicted molar refractivity (Wildman–Crippen MR) is 125 cm³/mol. The quantitative estimate of drug-likeness (QED) is 0.555. The zero-order valence-electron chi connectivity index (χ0n) is 18.1. The molecule has 1 aliphatic heterocycles. The van der Waals surface area contributed by atoms with Gasteiger partial charge in [0.2, 0.25) is 0 Å². The molecule has 5 rings (SSSR count). The van der Waals surface area contributed by atoms with E-state index in [1.807, 2.05) is 53.4 Å². The second-order valence-corrected chi connectivity index (χ2v) is 8.82. The molecule has 0 bridgehead atoms. The maximum atomic E-state index is 13.2. The number of rotatable bonds is 4. The van der Waals surface area contributed by atoms with E-state index in [9.17, 15) is 9.59 Å².